The molecule has 0 unspecified atom stereocenters. The molecule has 0 bridgehead atoms. The third kappa shape index (κ3) is 4.15. The SMILES string of the molecule is COC(Cc1c(C2(O)CCN(Cc3ccccc3)CC2)cnn1C)OC. The molecule has 0 atom stereocenters. The van der Waals surface area contributed by atoms with Crippen LogP contribution in [0.25, 0.3) is 0 Å². The van der Waals surface area contributed by atoms with Crippen LogP contribution in [0.3, 0.4) is 0 Å². The minimum Gasteiger partial charge on any atom is -0.385 e. The van der Waals surface area contributed by atoms with Gasteiger partial charge < -0.3 is 14.6 Å². The summed E-state index contributed by atoms with van der Waals surface area (Å²) in [5, 5.41) is 15.7. The summed E-state index contributed by atoms with van der Waals surface area (Å²) in [5.41, 5.74) is 2.34. The van der Waals surface area contributed by atoms with Crippen LogP contribution in [0.15, 0.2) is 36.5 Å². The van der Waals surface area contributed by atoms with Crippen LogP contribution in [0, 0.1) is 0 Å². The molecule has 26 heavy (non-hydrogen) atoms. The van der Waals surface area contributed by atoms with Gasteiger partial charge in [-0.05, 0) is 18.4 Å². The molecule has 1 N–H and O–H groups in total. The van der Waals surface area contributed by atoms with E-state index in [1.54, 1.807) is 20.4 Å². The third-order valence-corrected chi connectivity index (χ3v) is 5.38. The van der Waals surface area contributed by atoms with E-state index in [2.05, 4.69) is 34.3 Å². The van der Waals surface area contributed by atoms with Gasteiger partial charge in [-0.1, -0.05) is 30.3 Å². The molecule has 142 valence electrons. The van der Waals surface area contributed by atoms with Gasteiger partial charge in [0, 0.05) is 58.6 Å². The zero-order valence-electron chi connectivity index (χ0n) is 15.9. The van der Waals surface area contributed by atoms with Crippen molar-refractivity contribution >= 4 is 0 Å². The van der Waals surface area contributed by atoms with Crippen LogP contribution in [-0.4, -0.2) is 53.4 Å². The van der Waals surface area contributed by atoms with Gasteiger partial charge in [-0.25, -0.2) is 0 Å². The number of benzene rings is 1. The normalized spacial score (nSPS) is 17.7. The maximum absolute atomic E-state index is 11.3. The summed E-state index contributed by atoms with van der Waals surface area (Å²) in [4.78, 5) is 2.40. The topological polar surface area (TPSA) is 59.8 Å². The molecule has 2 heterocycles. The Morgan fingerprint density at radius 2 is 1.81 bits per heavy atom. The first-order valence-electron chi connectivity index (χ1n) is 9.11. The van der Waals surface area contributed by atoms with E-state index in [1.165, 1.54) is 5.56 Å². The minimum atomic E-state index is -0.844. The molecule has 1 saturated heterocycles. The van der Waals surface area contributed by atoms with Crippen LogP contribution in [0.2, 0.25) is 0 Å². The highest BCUT2D eigenvalue weighted by atomic mass is 16.7. The number of hydrogen-bond donors (Lipinski definition) is 1. The summed E-state index contributed by atoms with van der Waals surface area (Å²) >= 11 is 0. The average molecular weight is 359 g/mol. The number of aliphatic hydroxyl groups is 1. The maximum atomic E-state index is 11.3. The van der Waals surface area contributed by atoms with Gasteiger partial charge in [0.05, 0.1) is 11.8 Å². The van der Waals surface area contributed by atoms with Crippen LogP contribution in [0.1, 0.15) is 29.7 Å². The van der Waals surface area contributed by atoms with Crippen molar-refractivity contribution in [1.82, 2.24) is 14.7 Å². The van der Waals surface area contributed by atoms with Gasteiger partial charge in [-0.2, -0.15) is 5.10 Å². The Kier molecular flexibility index (Phi) is 6.09. The average Bonchev–Trinajstić information content (AvgIpc) is 3.04. The lowest BCUT2D eigenvalue weighted by molar-refractivity contribution is -0.102. The molecule has 3 rings (SSSR count). The van der Waals surface area contributed by atoms with Gasteiger partial charge in [-0.3, -0.25) is 9.58 Å². The molecular formula is C20H29N3O3. The molecular weight excluding hydrogens is 330 g/mol. The number of nitrogens with zero attached hydrogens (tertiary/aromatic N) is 3. The number of rotatable bonds is 7. The van der Waals surface area contributed by atoms with E-state index in [4.69, 9.17) is 9.47 Å². The number of hydrogen-bond acceptors (Lipinski definition) is 5. The van der Waals surface area contributed by atoms with Gasteiger partial charge in [0.2, 0.25) is 0 Å². The molecule has 1 fully saturated rings. The first-order valence-corrected chi connectivity index (χ1v) is 9.11. The van der Waals surface area contributed by atoms with Crippen LogP contribution in [0.5, 0.6) is 0 Å². The van der Waals surface area contributed by atoms with E-state index in [9.17, 15) is 5.11 Å². The number of methoxy groups -OCH3 is 2. The minimum absolute atomic E-state index is 0.342. The predicted octanol–water partition coefficient (Wildman–Crippen LogP) is 2.07. The van der Waals surface area contributed by atoms with Gasteiger partial charge in [0.15, 0.2) is 6.29 Å². The van der Waals surface area contributed by atoms with Crippen molar-refractivity contribution in [3.05, 3.63) is 53.3 Å². The van der Waals surface area contributed by atoms with Crippen molar-refractivity contribution in [2.45, 2.75) is 37.7 Å². The number of aromatic nitrogens is 2. The zero-order valence-corrected chi connectivity index (χ0v) is 15.9. The summed E-state index contributed by atoms with van der Waals surface area (Å²) in [6.07, 6.45) is 3.41. The molecule has 1 aliphatic rings. The van der Waals surface area contributed by atoms with Gasteiger partial charge >= 0.3 is 0 Å². The lowest BCUT2D eigenvalue weighted by atomic mass is 9.84. The Labute approximate surface area is 155 Å². The monoisotopic (exact) mass is 359 g/mol. The number of likely N-dealkylation sites (tertiary alicyclic amines) is 1. The van der Waals surface area contributed by atoms with Crippen LogP contribution < -0.4 is 0 Å². The van der Waals surface area contributed by atoms with Crippen LogP contribution in [0.4, 0.5) is 0 Å². The van der Waals surface area contributed by atoms with Crippen molar-refractivity contribution in [1.29, 1.82) is 0 Å². The lowest BCUT2D eigenvalue weighted by Gasteiger charge is -2.38. The molecule has 1 aromatic heterocycles. The standard InChI is InChI=1S/C20H29N3O3/c1-22-18(13-19(25-2)26-3)17(14-21-22)20(24)9-11-23(12-10-20)15-16-7-5-4-6-8-16/h4-8,14,19,24H,9-13,15H2,1-3H3. The molecule has 1 aliphatic heterocycles. The molecule has 6 nitrogen and oxygen atoms in total. The molecule has 1 aromatic carbocycles. The third-order valence-electron chi connectivity index (χ3n) is 5.38. The maximum Gasteiger partial charge on any atom is 0.162 e. The van der Waals surface area contributed by atoms with Crippen molar-refractivity contribution in [3.63, 3.8) is 0 Å². The molecule has 6 heteroatoms. The Bertz CT molecular complexity index is 690. The Morgan fingerprint density at radius 3 is 2.42 bits per heavy atom. The van der Waals surface area contributed by atoms with E-state index in [0.29, 0.717) is 19.3 Å². The fourth-order valence-electron chi connectivity index (χ4n) is 3.71. The molecule has 0 radical (unpaired) electrons. The smallest absolute Gasteiger partial charge is 0.162 e. The fraction of sp³-hybridized carbons (Fsp3) is 0.550. The largest absolute Gasteiger partial charge is 0.385 e. The summed E-state index contributed by atoms with van der Waals surface area (Å²) in [6.45, 7) is 2.64. The molecule has 2 aromatic rings. The highest BCUT2D eigenvalue weighted by Gasteiger charge is 2.37. The van der Waals surface area contributed by atoms with Gasteiger partial charge in [-0.15, -0.1) is 0 Å². The second-order valence-electron chi connectivity index (χ2n) is 7.03. The number of ether oxygens (including phenoxy) is 2. The first-order chi connectivity index (χ1) is 12.6. The van der Waals surface area contributed by atoms with Crippen LogP contribution >= 0.6 is 0 Å². The predicted molar refractivity (Wildman–Crippen MR) is 99.6 cm³/mol. The van der Waals surface area contributed by atoms with Crippen molar-refractivity contribution in [2.24, 2.45) is 7.05 Å². The Hall–Kier alpha value is -1.73. The van der Waals surface area contributed by atoms with Crippen LogP contribution in [-0.2, 0) is 35.1 Å². The molecule has 0 saturated carbocycles. The number of aryl methyl sites for hydroxylation is 1. The quantitative estimate of drug-likeness (QED) is 0.767. The van der Waals surface area contributed by atoms with Crippen molar-refractivity contribution in [2.75, 3.05) is 27.3 Å². The van der Waals surface area contributed by atoms with Gasteiger partial charge in [0.25, 0.3) is 0 Å². The molecule has 0 amide bonds. The summed E-state index contributed by atoms with van der Waals surface area (Å²) in [5.74, 6) is 0. The summed E-state index contributed by atoms with van der Waals surface area (Å²) in [7, 11) is 5.15. The van der Waals surface area contributed by atoms with Crippen molar-refractivity contribution in [3.8, 4) is 0 Å². The first kappa shape index (κ1) is 19.0. The van der Waals surface area contributed by atoms with E-state index < -0.39 is 5.60 Å². The second-order valence-corrected chi connectivity index (χ2v) is 7.03. The Morgan fingerprint density at radius 1 is 1.15 bits per heavy atom. The van der Waals surface area contributed by atoms with Gasteiger partial charge in [0.1, 0.15) is 0 Å². The summed E-state index contributed by atoms with van der Waals surface area (Å²) < 4.78 is 12.5. The van der Waals surface area contributed by atoms with E-state index in [-0.39, 0.29) is 6.29 Å². The zero-order chi connectivity index (χ0) is 18.6. The fourth-order valence-corrected chi connectivity index (χ4v) is 3.71. The lowest BCUT2D eigenvalue weighted by Crippen LogP contribution is -2.42. The van der Waals surface area contributed by atoms with Crippen molar-refractivity contribution < 1.29 is 14.6 Å². The van der Waals surface area contributed by atoms with E-state index in [0.717, 1.165) is 30.9 Å². The van der Waals surface area contributed by atoms with E-state index >= 15 is 0 Å². The van der Waals surface area contributed by atoms with E-state index in [1.807, 2.05) is 17.8 Å². The summed E-state index contributed by atoms with van der Waals surface area (Å²) in [6, 6.07) is 10.5. The molecule has 0 aliphatic carbocycles. The Balaban J connectivity index is 1.69. The highest BCUT2D eigenvalue weighted by molar-refractivity contribution is 5.27. The number of piperidine rings is 1. The second kappa shape index (κ2) is 8.31. The molecule has 0 spiro atoms. The highest BCUT2D eigenvalue weighted by Crippen LogP contribution is 2.35.